The van der Waals surface area contributed by atoms with Crippen molar-refractivity contribution in [2.24, 2.45) is 0 Å². The molecule has 28 heavy (non-hydrogen) atoms. The van der Waals surface area contributed by atoms with Gasteiger partial charge in [-0.25, -0.2) is 9.37 Å². The standard InChI is InChI=1S/C20H19FN4O3/c1-11-14-5-4-8-22-16(14)18(26)17(24-11)19(27)23-10-12-6-7-13(21)9-15(12)20(28)25(2)3/h4-9,26H,10H2,1-3H3,(H,23,27). The Bertz CT molecular complexity index is 1080. The number of amides is 2. The van der Waals surface area contributed by atoms with Crippen molar-refractivity contribution < 1.29 is 19.1 Å². The number of nitrogens with zero attached hydrogens (tertiary/aromatic N) is 3. The second-order valence-corrected chi connectivity index (χ2v) is 6.48. The molecule has 0 atom stereocenters. The zero-order chi connectivity index (χ0) is 20.4. The number of hydrogen-bond donors (Lipinski definition) is 2. The fourth-order valence-corrected chi connectivity index (χ4v) is 2.84. The van der Waals surface area contributed by atoms with Gasteiger partial charge in [-0.05, 0) is 36.8 Å². The Kier molecular flexibility index (Phi) is 5.21. The molecule has 2 N–H and O–H groups in total. The van der Waals surface area contributed by atoms with Crippen LogP contribution in [0, 0.1) is 12.7 Å². The topological polar surface area (TPSA) is 95.4 Å². The number of benzene rings is 1. The molecule has 7 nitrogen and oxygen atoms in total. The van der Waals surface area contributed by atoms with E-state index in [0.29, 0.717) is 16.6 Å². The number of aromatic hydroxyl groups is 1. The van der Waals surface area contributed by atoms with Crippen LogP contribution in [-0.4, -0.2) is 45.9 Å². The maximum absolute atomic E-state index is 13.6. The summed E-state index contributed by atoms with van der Waals surface area (Å²) in [6, 6.07) is 7.25. The Balaban J connectivity index is 1.89. The monoisotopic (exact) mass is 382 g/mol. The molecule has 8 heteroatoms. The maximum Gasteiger partial charge on any atom is 0.274 e. The molecule has 0 spiro atoms. The van der Waals surface area contributed by atoms with Gasteiger partial charge in [0.2, 0.25) is 0 Å². The quantitative estimate of drug-likeness (QED) is 0.723. The molecular weight excluding hydrogens is 363 g/mol. The summed E-state index contributed by atoms with van der Waals surface area (Å²) in [6.07, 6.45) is 1.51. The Morgan fingerprint density at radius 3 is 2.71 bits per heavy atom. The van der Waals surface area contributed by atoms with Crippen molar-refractivity contribution in [3.05, 3.63) is 64.9 Å². The normalized spacial score (nSPS) is 10.7. The van der Waals surface area contributed by atoms with Crippen LogP contribution in [0.5, 0.6) is 5.75 Å². The van der Waals surface area contributed by atoms with E-state index in [-0.39, 0.29) is 35.0 Å². The minimum Gasteiger partial charge on any atom is -0.504 e. The highest BCUT2D eigenvalue weighted by molar-refractivity contribution is 6.01. The minimum absolute atomic E-state index is 0.0333. The number of aromatic nitrogens is 2. The molecule has 1 aromatic carbocycles. The molecular formula is C20H19FN4O3. The third kappa shape index (κ3) is 3.62. The lowest BCUT2D eigenvalue weighted by Crippen LogP contribution is -2.28. The summed E-state index contributed by atoms with van der Waals surface area (Å²) in [5.74, 6) is -1.87. The first-order chi connectivity index (χ1) is 13.3. The summed E-state index contributed by atoms with van der Waals surface area (Å²) in [4.78, 5) is 34.5. The predicted octanol–water partition coefficient (Wildman–Crippen LogP) is 2.41. The molecule has 0 aliphatic heterocycles. The first kappa shape index (κ1) is 19.2. The second kappa shape index (κ2) is 7.59. The highest BCUT2D eigenvalue weighted by Crippen LogP contribution is 2.27. The van der Waals surface area contributed by atoms with Crippen LogP contribution in [0.3, 0.4) is 0 Å². The van der Waals surface area contributed by atoms with Gasteiger partial charge in [-0.15, -0.1) is 0 Å². The van der Waals surface area contributed by atoms with Crippen LogP contribution in [-0.2, 0) is 6.54 Å². The zero-order valence-electron chi connectivity index (χ0n) is 15.7. The van der Waals surface area contributed by atoms with Crippen molar-refractivity contribution in [2.75, 3.05) is 14.1 Å². The lowest BCUT2D eigenvalue weighted by atomic mass is 10.1. The second-order valence-electron chi connectivity index (χ2n) is 6.48. The van der Waals surface area contributed by atoms with E-state index >= 15 is 0 Å². The summed E-state index contributed by atoms with van der Waals surface area (Å²) >= 11 is 0. The predicted molar refractivity (Wildman–Crippen MR) is 102 cm³/mol. The molecule has 0 aliphatic carbocycles. The number of carbonyl (C=O) groups is 2. The number of carbonyl (C=O) groups excluding carboxylic acids is 2. The van der Waals surface area contributed by atoms with Gasteiger partial charge in [-0.2, -0.15) is 0 Å². The SMILES string of the molecule is Cc1nc(C(=O)NCc2ccc(F)cc2C(=O)N(C)C)c(O)c2ncccc12. The minimum atomic E-state index is -0.624. The number of halogens is 1. The van der Waals surface area contributed by atoms with Crippen LogP contribution in [0.4, 0.5) is 4.39 Å². The number of hydrogen-bond acceptors (Lipinski definition) is 5. The van der Waals surface area contributed by atoms with Crippen molar-refractivity contribution >= 4 is 22.7 Å². The van der Waals surface area contributed by atoms with Gasteiger partial charge >= 0.3 is 0 Å². The number of nitrogens with one attached hydrogen (secondary N) is 1. The van der Waals surface area contributed by atoms with Gasteiger partial charge in [0.05, 0.1) is 0 Å². The van der Waals surface area contributed by atoms with E-state index < -0.39 is 11.7 Å². The van der Waals surface area contributed by atoms with Gasteiger partial charge in [0, 0.05) is 43.5 Å². The molecule has 3 rings (SSSR count). The van der Waals surface area contributed by atoms with Crippen LogP contribution in [0.15, 0.2) is 36.5 Å². The van der Waals surface area contributed by atoms with E-state index in [1.165, 1.54) is 23.2 Å². The number of fused-ring (bicyclic) bond motifs is 1. The van der Waals surface area contributed by atoms with Crippen molar-refractivity contribution in [1.29, 1.82) is 0 Å². The van der Waals surface area contributed by atoms with Gasteiger partial charge in [-0.3, -0.25) is 14.6 Å². The van der Waals surface area contributed by atoms with Crippen molar-refractivity contribution in [3.8, 4) is 5.75 Å². The van der Waals surface area contributed by atoms with Crippen LogP contribution < -0.4 is 5.32 Å². The van der Waals surface area contributed by atoms with Gasteiger partial charge < -0.3 is 15.3 Å². The molecule has 0 unspecified atom stereocenters. The summed E-state index contributed by atoms with van der Waals surface area (Å²) in [6.45, 7) is 1.68. The molecule has 0 saturated heterocycles. The fourth-order valence-electron chi connectivity index (χ4n) is 2.84. The van der Waals surface area contributed by atoms with E-state index in [1.807, 2.05) is 0 Å². The zero-order valence-corrected chi connectivity index (χ0v) is 15.7. The molecule has 0 radical (unpaired) electrons. The van der Waals surface area contributed by atoms with E-state index in [9.17, 15) is 19.1 Å². The van der Waals surface area contributed by atoms with Crippen molar-refractivity contribution in [2.45, 2.75) is 13.5 Å². The number of rotatable bonds is 4. The Labute approximate surface area is 160 Å². The van der Waals surface area contributed by atoms with Crippen LogP contribution >= 0.6 is 0 Å². The average molecular weight is 382 g/mol. The molecule has 3 aromatic rings. The van der Waals surface area contributed by atoms with E-state index in [2.05, 4.69) is 15.3 Å². The third-order valence-electron chi connectivity index (χ3n) is 4.29. The molecule has 0 aliphatic rings. The summed E-state index contributed by atoms with van der Waals surface area (Å²) < 4.78 is 13.6. The summed E-state index contributed by atoms with van der Waals surface area (Å²) in [5.41, 5.74) is 1.27. The van der Waals surface area contributed by atoms with Crippen LogP contribution in [0.25, 0.3) is 10.9 Å². The Morgan fingerprint density at radius 2 is 2.00 bits per heavy atom. The molecule has 0 bridgehead atoms. The van der Waals surface area contributed by atoms with E-state index in [4.69, 9.17) is 0 Å². The highest BCUT2D eigenvalue weighted by atomic mass is 19.1. The highest BCUT2D eigenvalue weighted by Gasteiger charge is 2.20. The smallest absolute Gasteiger partial charge is 0.274 e. The van der Waals surface area contributed by atoms with Gasteiger partial charge in [-0.1, -0.05) is 6.07 Å². The Morgan fingerprint density at radius 1 is 1.25 bits per heavy atom. The number of pyridine rings is 2. The van der Waals surface area contributed by atoms with Gasteiger partial charge in [0.25, 0.3) is 11.8 Å². The largest absolute Gasteiger partial charge is 0.504 e. The molecule has 2 heterocycles. The third-order valence-corrected chi connectivity index (χ3v) is 4.29. The average Bonchev–Trinajstić information content (AvgIpc) is 2.68. The molecule has 2 aromatic heterocycles. The maximum atomic E-state index is 13.6. The fraction of sp³-hybridized carbons (Fsp3) is 0.200. The first-order valence-corrected chi connectivity index (χ1v) is 8.52. The van der Waals surface area contributed by atoms with Gasteiger partial charge in [0.1, 0.15) is 11.3 Å². The first-order valence-electron chi connectivity index (χ1n) is 8.52. The van der Waals surface area contributed by atoms with E-state index in [0.717, 1.165) is 6.07 Å². The van der Waals surface area contributed by atoms with Crippen LogP contribution in [0.1, 0.15) is 32.1 Å². The van der Waals surface area contributed by atoms with Gasteiger partial charge in [0.15, 0.2) is 11.4 Å². The Hall–Kier alpha value is -3.55. The lowest BCUT2D eigenvalue weighted by Gasteiger charge is -2.15. The van der Waals surface area contributed by atoms with Crippen molar-refractivity contribution in [1.82, 2.24) is 20.2 Å². The summed E-state index contributed by atoms with van der Waals surface area (Å²) in [5, 5.41) is 13.7. The molecule has 0 saturated carbocycles. The van der Waals surface area contributed by atoms with Crippen molar-refractivity contribution in [3.63, 3.8) is 0 Å². The summed E-state index contributed by atoms with van der Waals surface area (Å²) in [7, 11) is 3.12. The molecule has 144 valence electrons. The molecule has 2 amide bonds. The van der Waals surface area contributed by atoms with E-state index in [1.54, 1.807) is 33.2 Å². The lowest BCUT2D eigenvalue weighted by molar-refractivity contribution is 0.0823. The number of aryl methyl sites for hydroxylation is 1. The van der Waals surface area contributed by atoms with Crippen LogP contribution in [0.2, 0.25) is 0 Å². The molecule has 0 fully saturated rings.